The van der Waals surface area contributed by atoms with Gasteiger partial charge in [0.05, 0.1) is 23.4 Å². The molecule has 0 saturated carbocycles. The number of carbonyl (C=O) groups excluding carboxylic acids is 2. The Bertz CT molecular complexity index is 1030. The third-order valence-corrected chi connectivity index (χ3v) is 5.03. The minimum atomic E-state index is -0.380. The van der Waals surface area contributed by atoms with Crippen LogP contribution in [-0.4, -0.2) is 59.5 Å². The molecule has 0 radical (unpaired) electrons. The molecule has 3 aromatic rings. The Labute approximate surface area is 168 Å². The molecule has 1 aliphatic rings. The van der Waals surface area contributed by atoms with Crippen molar-refractivity contribution in [2.45, 2.75) is 6.92 Å². The van der Waals surface area contributed by atoms with Crippen molar-refractivity contribution in [1.82, 2.24) is 14.9 Å². The Morgan fingerprint density at radius 1 is 1.03 bits per heavy atom. The molecule has 0 N–H and O–H groups in total. The molecule has 1 aromatic carbocycles. The van der Waals surface area contributed by atoms with Gasteiger partial charge in [-0.3, -0.25) is 14.8 Å². The summed E-state index contributed by atoms with van der Waals surface area (Å²) in [7, 11) is 0. The van der Waals surface area contributed by atoms with Crippen molar-refractivity contribution >= 4 is 28.5 Å². The van der Waals surface area contributed by atoms with E-state index in [4.69, 9.17) is 4.74 Å². The van der Waals surface area contributed by atoms with Crippen molar-refractivity contribution in [3.8, 4) is 0 Å². The first-order valence-electron chi connectivity index (χ1n) is 9.68. The number of benzene rings is 1. The number of aromatic nitrogens is 2. The van der Waals surface area contributed by atoms with Gasteiger partial charge in [0.2, 0.25) is 0 Å². The number of para-hydroxylation sites is 1. The number of anilines is 1. The van der Waals surface area contributed by atoms with E-state index in [-0.39, 0.29) is 11.9 Å². The topological polar surface area (TPSA) is 75.6 Å². The minimum Gasteiger partial charge on any atom is -0.462 e. The average molecular weight is 390 g/mol. The molecule has 3 heterocycles. The van der Waals surface area contributed by atoms with Crippen LogP contribution in [0.4, 0.5) is 5.69 Å². The highest BCUT2D eigenvalue weighted by Crippen LogP contribution is 2.31. The number of carbonyl (C=O) groups is 2. The van der Waals surface area contributed by atoms with E-state index in [1.807, 2.05) is 29.2 Å². The smallest absolute Gasteiger partial charge is 0.341 e. The fourth-order valence-corrected chi connectivity index (χ4v) is 3.63. The highest BCUT2D eigenvalue weighted by molar-refractivity contribution is 6.05. The number of fused-ring (bicyclic) bond motifs is 1. The predicted molar refractivity (Wildman–Crippen MR) is 110 cm³/mol. The Hall–Kier alpha value is -3.48. The number of esters is 1. The predicted octanol–water partition coefficient (Wildman–Crippen LogP) is 2.77. The third kappa shape index (κ3) is 3.76. The van der Waals surface area contributed by atoms with Crippen LogP contribution in [-0.2, 0) is 4.74 Å². The molecule has 0 spiro atoms. The Morgan fingerprint density at radius 3 is 2.55 bits per heavy atom. The largest absolute Gasteiger partial charge is 0.462 e. The summed E-state index contributed by atoms with van der Waals surface area (Å²) < 4.78 is 5.25. The fraction of sp³-hybridized carbons (Fsp3) is 0.273. The zero-order valence-electron chi connectivity index (χ0n) is 16.2. The zero-order chi connectivity index (χ0) is 20.2. The number of amides is 1. The molecule has 1 saturated heterocycles. The first kappa shape index (κ1) is 18.9. The van der Waals surface area contributed by atoms with Crippen molar-refractivity contribution in [2.75, 3.05) is 37.7 Å². The lowest BCUT2D eigenvalue weighted by molar-refractivity contribution is 0.0525. The summed E-state index contributed by atoms with van der Waals surface area (Å²) in [5.74, 6) is -0.405. The van der Waals surface area contributed by atoms with Gasteiger partial charge >= 0.3 is 5.97 Å². The lowest BCUT2D eigenvalue weighted by Crippen LogP contribution is -2.49. The van der Waals surface area contributed by atoms with Gasteiger partial charge in [-0.25, -0.2) is 4.79 Å². The number of rotatable bonds is 4. The van der Waals surface area contributed by atoms with Gasteiger partial charge in [-0.1, -0.05) is 18.2 Å². The lowest BCUT2D eigenvalue weighted by Gasteiger charge is -2.37. The van der Waals surface area contributed by atoms with E-state index in [2.05, 4.69) is 14.9 Å². The summed E-state index contributed by atoms with van der Waals surface area (Å²) in [6.07, 6.45) is 4.83. The number of nitrogens with zero attached hydrogens (tertiary/aromatic N) is 4. The van der Waals surface area contributed by atoms with Crippen molar-refractivity contribution in [2.24, 2.45) is 0 Å². The molecule has 148 valence electrons. The highest BCUT2D eigenvalue weighted by Gasteiger charge is 2.27. The second kappa shape index (κ2) is 8.26. The number of hydrogen-bond donors (Lipinski definition) is 0. The molecule has 7 heteroatoms. The Morgan fingerprint density at radius 2 is 1.83 bits per heavy atom. The summed E-state index contributed by atoms with van der Waals surface area (Å²) in [4.78, 5) is 37.7. The standard InChI is InChI=1S/C22H22N4O3/c1-2-29-22(28)18-15-24-19-8-4-3-7-17(19)20(18)25-10-12-26(13-11-25)21(27)16-6-5-9-23-14-16/h3-9,14-15H,2,10-13H2,1H3. The summed E-state index contributed by atoms with van der Waals surface area (Å²) in [6, 6.07) is 11.3. The van der Waals surface area contributed by atoms with Crippen LogP contribution in [0.2, 0.25) is 0 Å². The second-order valence-electron chi connectivity index (χ2n) is 6.78. The molecule has 29 heavy (non-hydrogen) atoms. The third-order valence-electron chi connectivity index (χ3n) is 5.03. The Kier molecular flexibility index (Phi) is 5.37. The summed E-state index contributed by atoms with van der Waals surface area (Å²) in [6.45, 7) is 4.45. The molecule has 1 aliphatic heterocycles. The molecule has 0 atom stereocenters. The maximum Gasteiger partial charge on any atom is 0.341 e. The van der Waals surface area contributed by atoms with E-state index in [1.54, 1.807) is 37.6 Å². The number of pyridine rings is 2. The van der Waals surface area contributed by atoms with Crippen LogP contribution >= 0.6 is 0 Å². The van der Waals surface area contributed by atoms with E-state index < -0.39 is 0 Å². The first-order valence-corrected chi connectivity index (χ1v) is 9.68. The summed E-state index contributed by atoms with van der Waals surface area (Å²) in [5.41, 5.74) is 2.69. The number of hydrogen-bond acceptors (Lipinski definition) is 6. The van der Waals surface area contributed by atoms with Crippen LogP contribution in [0.1, 0.15) is 27.6 Å². The van der Waals surface area contributed by atoms with Crippen molar-refractivity contribution in [3.63, 3.8) is 0 Å². The van der Waals surface area contributed by atoms with E-state index in [0.717, 1.165) is 16.6 Å². The summed E-state index contributed by atoms with van der Waals surface area (Å²) in [5, 5.41) is 0.907. The van der Waals surface area contributed by atoms with Crippen molar-refractivity contribution in [1.29, 1.82) is 0 Å². The van der Waals surface area contributed by atoms with Gasteiger partial charge in [0, 0.05) is 50.2 Å². The van der Waals surface area contributed by atoms with Crippen LogP contribution in [0, 0.1) is 0 Å². The first-order chi connectivity index (χ1) is 14.2. The van der Waals surface area contributed by atoms with Gasteiger partial charge in [0.1, 0.15) is 5.56 Å². The van der Waals surface area contributed by atoms with E-state index >= 15 is 0 Å². The fourth-order valence-electron chi connectivity index (χ4n) is 3.63. The van der Waals surface area contributed by atoms with E-state index in [0.29, 0.717) is 43.9 Å². The molecule has 0 aliphatic carbocycles. The maximum absolute atomic E-state index is 12.7. The molecular formula is C22H22N4O3. The van der Waals surface area contributed by atoms with Crippen LogP contribution in [0.25, 0.3) is 10.9 Å². The van der Waals surface area contributed by atoms with E-state index in [9.17, 15) is 9.59 Å². The molecule has 2 aromatic heterocycles. The van der Waals surface area contributed by atoms with Crippen molar-refractivity contribution < 1.29 is 14.3 Å². The summed E-state index contributed by atoms with van der Waals surface area (Å²) >= 11 is 0. The lowest BCUT2D eigenvalue weighted by atomic mass is 10.1. The Balaban J connectivity index is 1.61. The van der Waals surface area contributed by atoms with Crippen LogP contribution in [0.3, 0.4) is 0 Å². The van der Waals surface area contributed by atoms with Gasteiger partial charge in [-0.05, 0) is 25.1 Å². The van der Waals surface area contributed by atoms with Gasteiger partial charge in [0.15, 0.2) is 0 Å². The SMILES string of the molecule is CCOC(=O)c1cnc2ccccc2c1N1CCN(C(=O)c2cccnc2)CC1. The number of ether oxygens (including phenoxy) is 1. The monoisotopic (exact) mass is 390 g/mol. The normalized spacial score (nSPS) is 14.1. The second-order valence-corrected chi connectivity index (χ2v) is 6.78. The molecule has 0 bridgehead atoms. The van der Waals surface area contributed by atoms with E-state index in [1.165, 1.54) is 0 Å². The van der Waals surface area contributed by atoms with Gasteiger partial charge in [0.25, 0.3) is 5.91 Å². The van der Waals surface area contributed by atoms with Crippen LogP contribution in [0.5, 0.6) is 0 Å². The van der Waals surface area contributed by atoms with Crippen molar-refractivity contribution in [3.05, 3.63) is 66.1 Å². The number of piperazine rings is 1. The van der Waals surface area contributed by atoms with Crippen LogP contribution in [0.15, 0.2) is 55.0 Å². The maximum atomic E-state index is 12.7. The molecule has 4 rings (SSSR count). The molecule has 1 amide bonds. The minimum absolute atomic E-state index is 0.0250. The van der Waals surface area contributed by atoms with Gasteiger partial charge < -0.3 is 14.5 Å². The molecule has 7 nitrogen and oxygen atoms in total. The van der Waals surface area contributed by atoms with Crippen LogP contribution < -0.4 is 4.90 Å². The zero-order valence-corrected chi connectivity index (χ0v) is 16.2. The van der Waals surface area contributed by atoms with Gasteiger partial charge in [-0.2, -0.15) is 0 Å². The molecule has 0 unspecified atom stereocenters. The quantitative estimate of drug-likeness (QED) is 0.638. The highest BCUT2D eigenvalue weighted by atomic mass is 16.5. The molecular weight excluding hydrogens is 368 g/mol. The average Bonchev–Trinajstić information content (AvgIpc) is 2.78. The molecule has 1 fully saturated rings. The van der Waals surface area contributed by atoms with Gasteiger partial charge in [-0.15, -0.1) is 0 Å².